The summed E-state index contributed by atoms with van der Waals surface area (Å²) in [4.78, 5) is 58.2. The number of hydrogen-bond acceptors (Lipinski definition) is 14. The van der Waals surface area contributed by atoms with Gasteiger partial charge in [-0.25, -0.2) is 37.9 Å². The molecule has 18 nitrogen and oxygen atoms in total. The van der Waals surface area contributed by atoms with Crippen LogP contribution in [0.3, 0.4) is 0 Å². The molecule has 1 aliphatic heterocycles. The Kier molecular flexibility index (Phi) is 15.9. The van der Waals surface area contributed by atoms with Crippen LogP contribution < -0.4 is 14.4 Å². The summed E-state index contributed by atoms with van der Waals surface area (Å²) in [6.45, 7) is 13.3. The molecule has 1 saturated heterocycles. The van der Waals surface area contributed by atoms with Gasteiger partial charge in [0.05, 0.1) is 73.6 Å². The Labute approximate surface area is 434 Å². The maximum atomic E-state index is 15.0. The van der Waals surface area contributed by atoms with Gasteiger partial charge in [-0.15, -0.1) is 0 Å². The van der Waals surface area contributed by atoms with Crippen LogP contribution in [-0.4, -0.2) is 127 Å². The Bertz CT molecular complexity index is 3050. The van der Waals surface area contributed by atoms with E-state index < -0.39 is 53.6 Å². The number of likely N-dealkylation sites (N-methyl/N-ethyl adjacent to an activating group) is 1. The van der Waals surface area contributed by atoms with E-state index in [1.807, 2.05) is 50.4 Å². The van der Waals surface area contributed by atoms with Crippen LogP contribution in [-0.2, 0) is 32.1 Å². The molecule has 2 N–H and O–H groups in total. The summed E-state index contributed by atoms with van der Waals surface area (Å²) < 4.78 is 60.8. The fourth-order valence-corrected chi connectivity index (χ4v) is 9.99. The summed E-state index contributed by atoms with van der Waals surface area (Å²) in [5, 5.41) is 25.9. The van der Waals surface area contributed by atoms with Crippen molar-refractivity contribution in [1.82, 2.24) is 34.5 Å². The molecular weight excluding hydrogens is 971 g/mol. The fraction of sp³-hybridized carbons (Fsp3) is 0.473. The minimum atomic E-state index is -3.16. The SMILES string of the molecule is COc1cc(-n2ncc3c(-c4cccc(N(C(=O)OC(C)(C)C)c5nc(C(F)F)nc6cc(CN(C(=O)OC(C)(C)C)C7CCC(C(=O)O)CC7)cnc56)c4C)cccc32)cc(OC)c1CN(C)[C@@H]1CCOC[C@@H]1O. The molecule has 1 aliphatic carbocycles. The minimum Gasteiger partial charge on any atom is -0.496 e. The first kappa shape index (κ1) is 54.2. The molecule has 0 radical (unpaired) electrons. The lowest BCUT2D eigenvalue weighted by atomic mass is 9.85. The number of hydrogen-bond donors (Lipinski definition) is 2. The molecule has 2 amide bonds. The minimum absolute atomic E-state index is 0.0117. The second kappa shape index (κ2) is 22.0. The zero-order valence-electron chi connectivity index (χ0n) is 44.1. The molecule has 0 unspecified atom stereocenters. The van der Waals surface area contributed by atoms with Crippen molar-refractivity contribution in [3.05, 3.63) is 89.5 Å². The monoisotopic (exact) mass is 1040 g/mol. The van der Waals surface area contributed by atoms with Crippen LogP contribution in [0.1, 0.15) is 103 Å². The number of methoxy groups -OCH3 is 2. The third-order valence-corrected chi connectivity index (χ3v) is 13.6. The van der Waals surface area contributed by atoms with Crippen LogP contribution in [0.2, 0.25) is 0 Å². The van der Waals surface area contributed by atoms with Gasteiger partial charge in [-0.2, -0.15) is 5.10 Å². The van der Waals surface area contributed by atoms with E-state index in [1.165, 1.54) is 17.2 Å². The first-order valence-corrected chi connectivity index (χ1v) is 25.0. The van der Waals surface area contributed by atoms with Crippen molar-refractivity contribution in [1.29, 1.82) is 0 Å². The van der Waals surface area contributed by atoms with Gasteiger partial charge in [0.2, 0.25) is 0 Å². The van der Waals surface area contributed by atoms with E-state index in [9.17, 15) is 33.4 Å². The maximum Gasteiger partial charge on any atom is 0.420 e. The Morgan fingerprint density at radius 2 is 1.51 bits per heavy atom. The van der Waals surface area contributed by atoms with E-state index in [-0.39, 0.29) is 47.8 Å². The van der Waals surface area contributed by atoms with Crippen LogP contribution >= 0.6 is 0 Å². The summed E-state index contributed by atoms with van der Waals surface area (Å²) in [5.41, 5.74) is 3.05. The number of carbonyl (C=O) groups is 3. The second-order valence-corrected chi connectivity index (χ2v) is 21.2. The Morgan fingerprint density at radius 3 is 2.13 bits per heavy atom. The lowest BCUT2D eigenvalue weighted by Gasteiger charge is -2.37. The Balaban J connectivity index is 1.19. The van der Waals surface area contributed by atoms with Crippen LogP contribution in [0.4, 0.5) is 29.9 Å². The normalized spacial score (nSPS) is 18.3. The number of anilines is 2. The number of carboxylic acids is 1. The van der Waals surface area contributed by atoms with Crippen LogP contribution in [0, 0.1) is 12.8 Å². The highest BCUT2D eigenvalue weighted by Crippen LogP contribution is 2.42. The van der Waals surface area contributed by atoms with E-state index in [0.717, 1.165) is 26.9 Å². The number of nitrogens with zero attached hydrogens (tertiary/aromatic N) is 8. The first-order valence-electron chi connectivity index (χ1n) is 25.0. The third-order valence-electron chi connectivity index (χ3n) is 13.6. The molecule has 1 saturated carbocycles. The smallest absolute Gasteiger partial charge is 0.420 e. The molecule has 3 aromatic heterocycles. The molecule has 75 heavy (non-hydrogen) atoms. The van der Waals surface area contributed by atoms with E-state index >= 15 is 0 Å². The lowest BCUT2D eigenvalue weighted by molar-refractivity contribution is -0.143. The van der Waals surface area contributed by atoms with Gasteiger partial charge < -0.3 is 38.8 Å². The van der Waals surface area contributed by atoms with Crippen molar-refractivity contribution in [2.75, 3.05) is 39.4 Å². The highest BCUT2D eigenvalue weighted by molar-refractivity contribution is 6.05. The number of aliphatic hydroxyl groups excluding tert-OH is 1. The van der Waals surface area contributed by atoms with E-state index in [4.69, 9.17) is 33.8 Å². The van der Waals surface area contributed by atoms with Gasteiger partial charge in [-0.1, -0.05) is 24.3 Å². The molecule has 0 bridgehead atoms. The topological polar surface area (TPSA) is 204 Å². The number of alkyl halides is 2. The summed E-state index contributed by atoms with van der Waals surface area (Å²) >= 11 is 0. The molecule has 0 spiro atoms. The molecule has 3 aromatic carbocycles. The number of rotatable bonds is 14. The highest BCUT2D eigenvalue weighted by atomic mass is 19.3. The molecular formula is C55H66F2N8O10. The van der Waals surface area contributed by atoms with Crippen LogP contribution in [0.25, 0.3) is 38.8 Å². The number of amides is 2. The van der Waals surface area contributed by atoms with Gasteiger partial charge in [-0.3, -0.25) is 14.7 Å². The van der Waals surface area contributed by atoms with E-state index in [2.05, 4.69) is 14.9 Å². The lowest BCUT2D eigenvalue weighted by Crippen LogP contribution is -2.47. The van der Waals surface area contributed by atoms with Gasteiger partial charge in [0.15, 0.2) is 11.6 Å². The molecule has 2 aliphatic rings. The van der Waals surface area contributed by atoms with Gasteiger partial charge in [0.1, 0.15) is 28.2 Å². The number of aliphatic carboxylic acids is 1. The number of ether oxygens (including phenoxy) is 5. The van der Waals surface area contributed by atoms with E-state index in [0.29, 0.717) is 79.1 Å². The number of halogens is 2. The number of fused-ring (bicyclic) bond motifs is 2. The molecule has 8 rings (SSSR count). The van der Waals surface area contributed by atoms with Gasteiger partial charge in [-0.05, 0) is 128 Å². The number of aromatic nitrogens is 5. The molecule has 4 heterocycles. The van der Waals surface area contributed by atoms with Crippen molar-refractivity contribution in [2.24, 2.45) is 5.92 Å². The molecule has 2 atom stereocenters. The zero-order valence-corrected chi connectivity index (χ0v) is 44.1. The zero-order chi connectivity index (χ0) is 54.1. The van der Waals surface area contributed by atoms with Gasteiger partial charge >= 0.3 is 18.2 Å². The standard InChI is InChI=1S/C55H66F2N8O10/c1-31-36(37-14-12-16-42-38(37)27-59-65(42)35-24-45(71-9)39(46(25-35)72-10)29-62(8)43-21-22-73-30-44(43)66)13-11-15-41(31)64(53(70)75-55(5,6)7)50-47-40(60-49(61-50)48(56)57)23-32(26-58-47)28-63(52(69)74-54(2,3)4)34-19-17-33(18-20-34)51(67)68/h11-16,23-27,33-34,43-44,48,66H,17-22,28-30H2,1-10H3,(H,67,68)/t33?,34?,43-,44+/m1/s1. The number of pyridine rings is 1. The van der Waals surface area contributed by atoms with Crippen molar-refractivity contribution in [2.45, 2.75) is 129 Å². The molecule has 400 valence electrons. The summed E-state index contributed by atoms with van der Waals surface area (Å²) in [6, 6.07) is 15.9. The van der Waals surface area contributed by atoms with Crippen molar-refractivity contribution >= 4 is 51.6 Å². The quantitative estimate of drug-likeness (QED) is 0.104. The van der Waals surface area contributed by atoms with Crippen LogP contribution in [0.15, 0.2) is 67.0 Å². The largest absolute Gasteiger partial charge is 0.496 e. The summed E-state index contributed by atoms with van der Waals surface area (Å²) in [6.07, 6.45) is 0.155. The summed E-state index contributed by atoms with van der Waals surface area (Å²) in [5.74, 6) is -1.39. The second-order valence-electron chi connectivity index (χ2n) is 21.2. The van der Waals surface area contributed by atoms with E-state index in [1.54, 1.807) is 78.8 Å². The van der Waals surface area contributed by atoms with Crippen molar-refractivity contribution in [3.63, 3.8) is 0 Å². The Morgan fingerprint density at radius 1 is 0.853 bits per heavy atom. The predicted octanol–water partition coefficient (Wildman–Crippen LogP) is 10.3. The highest BCUT2D eigenvalue weighted by Gasteiger charge is 2.36. The number of carboxylic acid groups (broad SMARTS) is 1. The van der Waals surface area contributed by atoms with Crippen molar-refractivity contribution in [3.8, 4) is 28.3 Å². The van der Waals surface area contributed by atoms with Gasteiger partial charge in [0.25, 0.3) is 6.43 Å². The third kappa shape index (κ3) is 11.9. The van der Waals surface area contributed by atoms with Crippen molar-refractivity contribution < 1.29 is 57.1 Å². The summed E-state index contributed by atoms with van der Waals surface area (Å²) in [7, 11) is 5.13. The number of benzene rings is 3. The van der Waals surface area contributed by atoms with Gasteiger partial charge in [0, 0.05) is 49.0 Å². The maximum absolute atomic E-state index is 15.0. The average Bonchev–Trinajstić information content (AvgIpc) is 3.80. The molecule has 2 fully saturated rings. The molecule has 20 heteroatoms. The van der Waals surface area contributed by atoms with Crippen LogP contribution in [0.5, 0.6) is 11.5 Å². The average molecular weight is 1040 g/mol. The fourth-order valence-electron chi connectivity index (χ4n) is 9.99. The first-order chi connectivity index (χ1) is 35.5. The molecule has 6 aromatic rings. The number of aliphatic hydroxyl groups is 1. The number of carbonyl (C=O) groups excluding carboxylic acids is 2. The predicted molar refractivity (Wildman–Crippen MR) is 277 cm³/mol. The Hall–Kier alpha value is -7.03.